The SMILES string of the molecule is COC(=O)CCC(C)C1CCC2C3CCC4CC(OC(C)=O)CCC4(C)C3CC(OC(C)=O)C12C. The van der Waals surface area contributed by atoms with Crippen molar-refractivity contribution in [1.82, 2.24) is 0 Å². The zero-order chi connectivity index (χ0) is 25.5. The van der Waals surface area contributed by atoms with Crippen molar-refractivity contribution < 1.29 is 28.6 Å². The molecule has 198 valence electrons. The highest BCUT2D eigenvalue weighted by molar-refractivity contribution is 5.69. The molecule has 0 aromatic heterocycles. The van der Waals surface area contributed by atoms with Gasteiger partial charge in [0.2, 0.25) is 0 Å². The second-order valence-electron chi connectivity index (χ2n) is 12.6. The summed E-state index contributed by atoms with van der Waals surface area (Å²) < 4.78 is 16.7. The number of ether oxygens (including phenoxy) is 3. The maximum Gasteiger partial charge on any atom is 0.305 e. The number of carbonyl (C=O) groups excluding carboxylic acids is 3. The molecular formula is C29H46O6. The van der Waals surface area contributed by atoms with Crippen LogP contribution in [0.4, 0.5) is 0 Å². The molecule has 0 aliphatic heterocycles. The van der Waals surface area contributed by atoms with Gasteiger partial charge >= 0.3 is 17.9 Å². The molecule has 4 aliphatic rings. The quantitative estimate of drug-likeness (QED) is 0.351. The Hall–Kier alpha value is -1.59. The van der Waals surface area contributed by atoms with Gasteiger partial charge in [0.1, 0.15) is 12.2 Å². The minimum Gasteiger partial charge on any atom is -0.469 e. The molecule has 4 saturated carbocycles. The molecule has 6 nitrogen and oxygen atoms in total. The van der Waals surface area contributed by atoms with Crippen LogP contribution in [0, 0.1) is 46.3 Å². The first-order valence-corrected chi connectivity index (χ1v) is 13.9. The van der Waals surface area contributed by atoms with Crippen molar-refractivity contribution in [2.45, 2.75) is 111 Å². The molecule has 0 saturated heterocycles. The van der Waals surface area contributed by atoms with Crippen molar-refractivity contribution >= 4 is 17.9 Å². The number of fused-ring (bicyclic) bond motifs is 5. The van der Waals surface area contributed by atoms with Crippen molar-refractivity contribution in [2.75, 3.05) is 7.11 Å². The molecule has 35 heavy (non-hydrogen) atoms. The summed E-state index contributed by atoms with van der Waals surface area (Å²) in [5.74, 6) is 2.60. The van der Waals surface area contributed by atoms with Crippen LogP contribution in [0.15, 0.2) is 0 Å². The van der Waals surface area contributed by atoms with E-state index < -0.39 is 0 Å². The van der Waals surface area contributed by atoms with Crippen LogP contribution in [0.1, 0.15) is 98.8 Å². The third kappa shape index (κ3) is 4.75. The van der Waals surface area contributed by atoms with E-state index in [2.05, 4.69) is 20.8 Å². The van der Waals surface area contributed by atoms with Gasteiger partial charge in [-0.15, -0.1) is 0 Å². The molecule has 10 unspecified atom stereocenters. The first kappa shape index (κ1) is 26.5. The lowest BCUT2D eigenvalue weighted by atomic mass is 9.43. The summed E-state index contributed by atoms with van der Waals surface area (Å²) in [5.41, 5.74) is 0.147. The molecular weight excluding hydrogens is 444 g/mol. The first-order valence-electron chi connectivity index (χ1n) is 13.9. The van der Waals surface area contributed by atoms with Crippen LogP contribution < -0.4 is 0 Å². The zero-order valence-electron chi connectivity index (χ0n) is 22.6. The Kier molecular flexibility index (Phi) is 7.60. The summed E-state index contributed by atoms with van der Waals surface area (Å²) in [4.78, 5) is 35.7. The predicted molar refractivity (Wildman–Crippen MR) is 132 cm³/mol. The van der Waals surface area contributed by atoms with E-state index in [0.717, 1.165) is 38.5 Å². The van der Waals surface area contributed by atoms with Gasteiger partial charge in [0.05, 0.1) is 7.11 Å². The Morgan fingerprint density at radius 3 is 2.29 bits per heavy atom. The van der Waals surface area contributed by atoms with E-state index in [1.165, 1.54) is 33.3 Å². The van der Waals surface area contributed by atoms with Gasteiger partial charge in [0.25, 0.3) is 0 Å². The van der Waals surface area contributed by atoms with E-state index in [9.17, 15) is 14.4 Å². The highest BCUT2D eigenvalue weighted by Gasteiger charge is 2.65. The van der Waals surface area contributed by atoms with Crippen LogP contribution in [-0.4, -0.2) is 37.2 Å². The van der Waals surface area contributed by atoms with Gasteiger partial charge in [0, 0.05) is 25.7 Å². The van der Waals surface area contributed by atoms with Gasteiger partial charge < -0.3 is 14.2 Å². The fraction of sp³-hybridized carbons (Fsp3) is 0.897. The van der Waals surface area contributed by atoms with Gasteiger partial charge in [-0.25, -0.2) is 0 Å². The number of carbonyl (C=O) groups is 3. The Labute approximate surface area is 211 Å². The lowest BCUT2D eigenvalue weighted by Crippen LogP contribution is -2.59. The van der Waals surface area contributed by atoms with Crippen LogP contribution >= 0.6 is 0 Å². The van der Waals surface area contributed by atoms with Crippen molar-refractivity contribution in [3.63, 3.8) is 0 Å². The average molecular weight is 491 g/mol. The summed E-state index contributed by atoms with van der Waals surface area (Å²) in [7, 11) is 1.45. The van der Waals surface area contributed by atoms with E-state index in [1.54, 1.807) is 6.92 Å². The van der Waals surface area contributed by atoms with Crippen molar-refractivity contribution in [3.05, 3.63) is 0 Å². The molecule has 0 amide bonds. The Bertz CT molecular complexity index is 824. The monoisotopic (exact) mass is 490 g/mol. The van der Waals surface area contributed by atoms with Gasteiger partial charge in [-0.2, -0.15) is 0 Å². The van der Waals surface area contributed by atoms with E-state index in [0.29, 0.717) is 41.9 Å². The molecule has 6 heteroatoms. The van der Waals surface area contributed by atoms with Crippen LogP contribution in [-0.2, 0) is 28.6 Å². The molecule has 0 bridgehead atoms. The molecule has 0 aromatic rings. The molecule has 10 atom stereocenters. The number of esters is 3. The highest BCUT2D eigenvalue weighted by Crippen LogP contribution is 2.69. The third-order valence-corrected chi connectivity index (χ3v) is 11.1. The fourth-order valence-corrected chi connectivity index (χ4v) is 9.48. The van der Waals surface area contributed by atoms with Crippen LogP contribution in [0.3, 0.4) is 0 Å². The lowest BCUT2D eigenvalue weighted by molar-refractivity contribution is -0.197. The topological polar surface area (TPSA) is 78.9 Å². The zero-order valence-corrected chi connectivity index (χ0v) is 22.6. The van der Waals surface area contributed by atoms with E-state index >= 15 is 0 Å². The maximum absolute atomic E-state index is 12.3. The molecule has 0 radical (unpaired) electrons. The summed E-state index contributed by atoms with van der Waals surface area (Å²) >= 11 is 0. The predicted octanol–water partition coefficient (Wildman–Crippen LogP) is 5.71. The van der Waals surface area contributed by atoms with Gasteiger partial charge in [-0.3, -0.25) is 14.4 Å². The Morgan fingerprint density at radius 1 is 0.914 bits per heavy atom. The summed E-state index contributed by atoms with van der Waals surface area (Å²) in [6.07, 6.45) is 9.87. The minimum absolute atomic E-state index is 0.0479. The van der Waals surface area contributed by atoms with Crippen LogP contribution in [0.25, 0.3) is 0 Å². The largest absolute Gasteiger partial charge is 0.469 e. The van der Waals surface area contributed by atoms with Crippen LogP contribution in [0.2, 0.25) is 0 Å². The van der Waals surface area contributed by atoms with E-state index in [1.807, 2.05) is 0 Å². The van der Waals surface area contributed by atoms with Crippen LogP contribution in [0.5, 0.6) is 0 Å². The number of methoxy groups -OCH3 is 1. The second-order valence-corrected chi connectivity index (χ2v) is 12.6. The minimum atomic E-state index is -0.183. The number of hydrogen-bond acceptors (Lipinski definition) is 6. The average Bonchev–Trinajstić information content (AvgIpc) is 3.16. The van der Waals surface area contributed by atoms with Gasteiger partial charge in [0.15, 0.2) is 0 Å². The van der Waals surface area contributed by atoms with Gasteiger partial charge in [-0.1, -0.05) is 20.8 Å². The first-order chi connectivity index (χ1) is 16.5. The van der Waals surface area contributed by atoms with Crippen molar-refractivity contribution in [2.24, 2.45) is 46.3 Å². The van der Waals surface area contributed by atoms with Crippen molar-refractivity contribution in [1.29, 1.82) is 0 Å². The van der Waals surface area contributed by atoms with E-state index in [-0.39, 0.29) is 40.9 Å². The number of hydrogen-bond donors (Lipinski definition) is 0. The molecule has 4 fully saturated rings. The molecule has 0 heterocycles. The third-order valence-electron chi connectivity index (χ3n) is 11.1. The highest BCUT2D eigenvalue weighted by atomic mass is 16.5. The Morgan fingerprint density at radius 2 is 1.63 bits per heavy atom. The standard InChI is InChI=1S/C29H46O6/c1-17(7-12-27(32)33-6)23-10-11-24-22-9-8-20-15-21(34-18(2)30)13-14-28(20,4)25(22)16-26(29(23,24)5)35-19(3)31/h17,20-26H,7-16H2,1-6H3. The molecule has 4 rings (SSSR count). The molecule has 0 N–H and O–H groups in total. The van der Waals surface area contributed by atoms with Crippen molar-refractivity contribution in [3.8, 4) is 0 Å². The maximum atomic E-state index is 12.3. The smallest absolute Gasteiger partial charge is 0.305 e. The summed E-state index contributed by atoms with van der Waals surface area (Å²) in [6, 6.07) is 0. The summed E-state index contributed by atoms with van der Waals surface area (Å²) in [5, 5.41) is 0. The summed E-state index contributed by atoms with van der Waals surface area (Å²) in [6.45, 7) is 10.2. The van der Waals surface area contributed by atoms with Gasteiger partial charge in [-0.05, 0) is 98.7 Å². The molecule has 0 spiro atoms. The fourth-order valence-electron chi connectivity index (χ4n) is 9.48. The second kappa shape index (κ2) is 10.0. The Balaban J connectivity index is 1.58. The normalized spacial score (nSPS) is 43.2. The number of rotatable bonds is 6. The molecule has 4 aliphatic carbocycles. The van der Waals surface area contributed by atoms with E-state index in [4.69, 9.17) is 14.2 Å². The lowest BCUT2D eigenvalue weighted by Gasteiger charge is -2.62. The molecule has 0 aromatic carbocycles.